The van der Waals surface area contributed by atoms with E-state index in [4.69, 9.17) is 4.74 Å². The van der Waals surface area contributed by atoms with Gasteiger partial charge in [0.1, 0.15) is 12.3 Å². The Labute approximate surface area is 177 Å². The third-order valence-electron chi connectivity index (χ3n) is 4.99. The zero-order valence-electron chi connectivity index (χ0n) is 16.9. The normalized spacial score (nSPS) is 10.7. The van der Waals surface area contributed by atoms with E-state index in [9.17, 15) is 14.4 Å². The van der Waals surface area contributed by atoms with Crippen LogP contribution in [0, 0.1) is 0 Å². The highest BCUT2D eigenvalue weighted by Gasteiger charge is 2.12. The van der Waals surface area contributed by atoms with Crippen LogP contribution in [0.15, 0.2) is 82.4 Å². The summed E-state index contributed by atoms with van der Waals surface area (Å²) >= 11 is 0. The van der Waals surface area contributed by atoms with Gasteiger partial charge in [-0.2, -0.15) is 0 Å². The fraction of sp³-hybridized carbons (Fsp3) is 0.125. The Kier molecular flexibility index (Phi) is 5.66. The number of anilines is 1. The van der Waals surface area contributed by atoms with E-state index in [1.54, 1.807) is 43.5 Å². The van der Waals surface area contributed by atoms with Crippen LogP contribution in [0.25, 0.3) is 10.8 Å². The van der Waals surface area contributed by atoms with E-state index < -0.39 is 17.0 Å². The summed E-state index contributed by atoms with van der Waals surface area (Å²) in [5.41, 5.74) is 1.77. The van der Waals surface area contributed by atoms with Crippen molar-refractivity contribution in [2.24, 2.45) is 0 Å². The Morgan fingerprint density at radius 1 is 0.968 bits per heavy atom. The van der Waals surface area contributed by atoms with Crippen LogP contribution in [0.4, 0.5) is 5.69 Å². The lowest BCUT2D eigenvalue weighted by Gasteiger charge is -2.13. The fourth-order valence-corrected chi connectivity index (χ4v) is 3.51. The molecule has 7 heteroatoms. The monoisotopic (exact) mass is 415 g/mol. The zero-order valence-corrected chi connectivity index (χ0v) is 16.9. The Balaban J connectivity index is 1.56. The summed E-state index contributed by atoms with van der Waals surface area (Å²) < 4.78 is 6.47. The largest absolute Gasteiger partial charge is 0.496 e. The van der Waals surface area contributed by atoms with Crippen molar-refractivity contribution in [2.45, 2.75) is 13.0 Å². The summed E-state index contributed by atoms with van der Waals surface area (Å²) in [6.07, 6.45) is 0.644. The fourth-order valence-electron chi connectivity index (χ4n) is 3.51. The van der Waals surface area contributed by atoms with Crippen molar-refractivity contribution in [3.05, 3.63) is 105 Å². The molecule has 156 valence electrons. The van der Waals surface area contributed by atoms with Crippen LogP contribution in [-0.4, -0.2) is 22.8 Å². The Bertz CT molecular complexity index is 1360. The number of aromatic nitrogens is 2. The number of benzene rings is 3. The number of rotatable bonds is 6. The molecule has 1 heterocycles. The third-order valence-corrected chi connectivity index (χ3v) is 4.99. The van der Waals surface area contributed by atoms with Crippen LogP contribution in [0.2, 0.25) is 0 Å². The Hall–Kier alpha value is -4.13. The first kappa shape index (κ1) is 20.2. The minimum Gasteiger partial charge on any atom is -0.496 e. The van der Waals surface area contributed by atoms with E-state index in [1.807, 2.05) is 36.4 Å². The second-order valence-corrected chi connectivity index (χ2v) is 7.11. The van der Waals surface area contributed by atoms with Gasteiger partial charge in [-0.25, -0.2) is 4.68 Å². The number of hydrogen-bond acceptors (Lipinski definition) is 4. The van der Waals surface area contributed by atoms with E-state index in [-0.39, 0.29) is 11.9 Å². The molecule has 7 nitrogen and oxygen atoms in total. The molecule has 0 spiro atoms. The molecule has 0 aliphatic rings. The predicted molar refractivity (Wildman–Crippen MR) is 120 cm³/mol. The average molecular weight is 415 g/mol. The van der Waals surface area contributed by atoms with Crippen molar-refractivity contribution >= 4 is 22.4 Å². The van der Waals surface area contributed by atoms with Gasteiger partial charge in [0.2, 0.25) is 5.91 Å². The van der Waals surface area contributed by atoms with Crippen LogP contribution in [0.3, 0.4) is 0 Å². The number of ether oxygens (including phenoxy) is 1. The summed E-state index contributed by atoms with van der Waals surface area (Å²) in [5.74, 6) is 0.292. The molecule has 0 atom stereocenters. The molecule has 0 aliphatic heterocycles. The van der Waals surface area contributed by atoms with Gasteiger partial charge in [0.25, 0.3) is 11.1 Å². The lowest BCUT2D eigenvalue weighted by atomic mass is 10.0. The minimum absolute atomic E-state index is 0.272. The highest BCUT2D eigenvalue weighted by atomic mass is 16.5. The van der Waals surface area contributed by atoms with Crippen molar-refractivity contribution in [2.75, 3.05) is 12.4 Å². The molecule has 3 aromatic carbocycles. The predicted octanol–water partition coefficient (Wildman–Crippen LogP) is 2.93. The Morgan fingerprint density at radius 2 is 1.68 bits per heavy atom. The van der Waals surface area contributed by atoms with Gasteiger partial charge in [-0.1, -0.05) is 42.5 Å². The number of fused-ring (bicyclic) bond motifs is 1. The van der Waals surface area contributed by atoms with Gasteiger partial charge >= 0.3 is 0 Å². The van der Waals surface area contributed by atoms with Crippen molar-refractivity contribution < 1.29 is 9.53 Å². The maximum atomic E-state index is 12.6. The van der Waals surface area contributed by atoms with E-state index in [0.29, 0.717) is 17.5 Å². The summed E-state index contributed by atoms with van der Waals surface area (Å²) in [4.78, 5) is 37.4. The quantitative estimate of drug-likeness (QED) is 0.506. The van der Waals surface area contributed by atoms with Crippen LogP contribution in [0.1, 0.15) is 11.1 Å². The van der Waals surface area contributed by atoms with Crippen molar-refractivity contribution in [1.29, 1.82) is 0 Å². The molecule has 0 radical (unpaired) electrons. The van der Waals surface area contributed by atoms with Gasteiger partial charge in [-0.3, -0.25) is 19.5 Å². The lowest BCUT2D eigenvalue weighted by molar-refractivity contribution is -0.117. The second-order valence-electron chi connectivity index (χ2n) is 7.11. The SMILES string of the molecule is COc1ccc(NC(=O)Cn2[nH]c(=O)c3ccccc3c2=O)cc1Cc1ccccc1. The molecule has 2 N–H and O–H groups in total. The molecular weight excluding hydrogens is 394 g/mol. The lowest BCUT2D eigenvalue weighted by Crippen LogP contribution is -2.34. The number of amides is 1. The molecule has 0 saturated carbocycles. The molecule has 0 bridgehead atoms. The number of nitrogens with one attached hydrogen (secondary N) is 2. The smallest absolute Gasteiger partial charge is 0.273 e. The first-order valence-corrected chi connectivity index (χ1v) is 9.77. The molecule has 0 unspecified atom stereocenters. The third kappa shape index (κ3) is 4.40. The van der Waals surface area contributed by atoms with Crippen LogP contribution in [-0.2, 0) is 17.8 Å². The number of H-pyrrole nitrogens is 1. The van der Waals surface area contributed by atoms with E-state index >= 15 is 0 Å². The highest BCUT2D eigenvalue weighted by Crippen LogP contribution is 2.25. The maximum absolute atomic E-state index is 12.6. The Morgan fingerprint density at radius 3 is 2.42 bits per heavy atom. The minimum atomic E-state index is -0.427. The first-order valence-electron chi connectivity index (χ1n) is 9.77. The number of aromatic amines is 1. The van der Waals surface area contributed by atoms with E-state index in [1.165, 1.54) is 0 Å². The average Bonchev–Trinajstić information content (AvgIpc) is 2.78. The van der Waals surface area contributed by atoms with Gasteiger partial charge in [0.15, 0.2) is 0 Å². The number of carbonyl (C=O) groups is 1. The topological polar surface area (TPSA) is 93.2 Å². The van der Waals surface area contributed by atoms with Gasteiger partial charge < -0.3 is 10.1 Å². The van der Waals surface area contributed by atoms with E-state index in [0.717, 1.165) is 21.6 Å². The zero-order chi connectivity index (χ0) is 21.8. The van der Waals surface area contributed by atoms with Crippen LogP contribution < -0.4 is 21.2 Å². The van der Waals surface area contributed by atoms with Gasteiger partial charge in [-0.15, -0.1) is 0 Å². The molecule has 0 fully saturated rings. The van der Waals surface area contributed by atoms with Gasteiger partial charge in [0, 0.05) is 17.7 Å². The summed E-state index contributed by atoms with van der Waals surface area (Å²) in [5, 5.41) is 5.82. The number of methoxy groups -OCH3 is 1. The van der Waals surface area contributed by atoms with Gasteiger partial charge in [-0.05, 0) is 35.9 Å². The maximum Gasteiger partial charge on any atom is 0.273 e. The molecule has 4 aromatic rings. The number of nitrogens with zero attached hydrogens (tertiary/aromatic N) is 1. The standard InChI is InChI=1S/C24H21N3O4/c1-31-21-12-11-18(14-17(21)13-16-7-3-2-4-8-16)25-22(28)15-27-24(30)20-10-6-5-9-19(20)23(29)26-27/h2-12,14H,13,15H2,1H3,(H,25,28)(H,26,29). The first-order chi connectivity index (χ1) is 15.0. The highest BCUT2D eigenvalue weighted by molar-refractivity contribution is 5.91. The van der Waals surface area contributed by atoms with Crippen molar-refractivity contribution in [3.63, 3.8) is 0 Å². The molecule has 1 aromatic heterocycles. The van der Waals surface area contributed by atoms with Crippen molar-refractivity contribution in [1.82, 2.24) is 9.78 Å². The van der Waals surface area contributed by atoms with Crippen LogP contribution >= 0.6 is 0 Å². The number of hydrogen-bond donors (Lipinski definition) is 2. The molecule has 0 saturated heterocycles. The molecule has 4 rings (SSSR count). The molecule has 31 heavy (non-hydrogen) atoms. The summed E-state index contributed by atoms with van der Waals surface area (Å²) in [6, 6.07) is 21.8. The van der Waals surface area contributed by atoms with Crippen LogP contribution in [0.5, 0.6) is 5.75 Å². The molecule has 1 amide bonds. The summed E-state index contributed by atoms with van der Waals surface area (Å²) in [6.45, 7) is -0.307. The molecular formula is C24H21N3O4. The second kappa shape index (κ2) is 8.71. The van der Waals surface area contributed by atoms with E-state index in [2.05, 4.69) is 10.4 Å². The molecule has 0 aliphatic carbocycles. The number of carbonyl (C=O) groups excluding carboxylic acids is 1. The summed E-state index contributed by atoms with van der Waals surface area (Å²) in [7, 11) is 1.60. The van der Waals surface area contributed by atoms with Crippen molar-refractivity contribution in [3.8, 4) is 5.75 Å². The van der Waals surface area contributed by atoms with Gasteiger partial charge in [0.05, 0.1) is 17.9 Å².